The standard InChI is InChI=1S/C17H28N2/c1-13-7-5-8-15(11-13)16(14(2)18)19-10-6-9-17(3,4)12-19/h5,7-8,11,14,16H,6,9-10,12,18H2,1-4H3. The van der Waals surface area contributed by atoms with Gasteiger partial charge >= 0.3 is 0 Å². The SMILES string of the molecule is Cc1cccc(C(C(C)N)N2CCCC(C)(C)C2)c1. The van der Waals surface area contributed by atoms with Crippen molar-refractivity contribution in [3.63, 3.8) is 0 Å². The van der Waals surface area contributed by atoms with Crippen molar-refractivity contribution < 1.29 is 0 Å². The lowest BCUT2D eigenvalue weighted by molar-refractivity contribution is 0.0688. The summed E-state index contributed by atoms with van der Waals surface area (Å²) in [5, 5.41) is 0. The number of benzene rings is 1. The van der Waals surface area contributed by atoms with Gasteiger partial charge < -0.3 is 5.73 Å². The van der Waals surface area contributed by atoms with Gasteiger partial charge in [-0.2, -0.15) is 0 Å². The van der Waals surface area contributed by atoms with Gasteiger partial charge in [-0.1, -0.05) is 43.7 Å². The van der Waals surface area contributed by atoms with Gasteiger partial charge in [-0.25, -0.2) is 0 Å². The van der Waals surface area contributed by atoms with E-state index in [1.807, 2.05) is 0 Å². The number of likely N-dealkylation sites (tertiary alicyclic amines) is 1. The largest absolute Gasteiger partial charge is 0.326 e. The number of piperidine rings is 1. The summed E-state index contributed by atoms with van der Waals surface area (Å²) >= 11 is 0. The zero-order valence-corrected chi connectivity index (χ0v) is 12.8. The van der Waals surface area contributed by atoms with E-state index in [4.69, 9.17) is 5.73 Å². The second-order valence-electron chi connectivity index (χ2n) is 6.96. The number of aryl methyl sites for hydroxylation is 1. The van der Waals surface area contributed by atoms with E-state index in [1.54, 1.807) is 0 Å². The summed E-state index contributed by atoms with van der Waals surface area (Å²) in [5.41, 5.74) is 9.40. The summed E-state index contributed by atoms with van der Waals surface area (Å²) in [6, 6.07) is 9.32. The Kier molecular flexibility index (Phi) is 4.32. The molecule has 1 heterocycles. The molecule has 1 fully saturated rings. The van der Waals surface area contributed by atoms with Crippen LogP contribution in [0.25, 0.3) is 0 Å². The minimum Gasteiger partial charge on any atom is -0.326 e. The van der Waals surface area contributed by atoms with Crippen LogP contribution in [-0.2, 0) is 0 Å². The lowest BCUT2D eigenvalue weighted by atomic mass is 9.82. The molecular formula is C17H28N2. The van der Waals surface area contributed by atoms with Gasteiger partial charge in [0.2, 0.25) is 0 Å². The second-order valence-corrected chi connectivity index (χ2v) is 6.96. The van der Waals surface area contributed by atoms with Crippen molar-refractivity contribution in [2.45, 2.75) is 52.6 Å². The van der Waals surface area contributed by atoms with E-state index in [0.29, 0.717) is 11.5 Å². The van der Waals surface area contributed by atoms with Crippen LogP contribution in [0.15, 0.2) is 24.3 Å². The van der Waals surface area contributed by atoms with Gasteiger partial charge in [0.1, 0.15) is 0 Å². The molecule has 1 aromatic carbocycles. The Bertz CT molecular complexity index is 423. The summed E-state index contributed by atoms with van der Waals surface area (Å²) in [4.78, 5) is 2.59. The maximum Gasteiger partial charge on any atom is 0.0496 e. The van der Waals surface area contributed by atoms with E-state index in [-0.39, 0.29) is 6.04 Å². The minimum atomic E-state index is 0.163. The van der Waals surface area contributed by atoms with Gasteiger partial charge in [0.15, 0.2) is 0 Å². The number of nitrogens with zero attached hydrogens (tertiary/aromatic N) is 1. The van der Waals surface area contributed by atoms with E-state index >= 15 is 0 Å². The number of hydrogen-bond acceptors (Lipinski definition) is 2. The zero-order valence-electron chi connectivity index (χ0n) is 12.8. The zero-order chi connectivity index (χ0) is 14.0. The van der Waals surface area contributed by atoms with Crippen molar-refractivity contribution in [1.82, 2.24) is 4.90 Å². The van der Waals surface area contributed by atoms with Crippen LogP contribution in [0.1, 0.15) is 50.8 Å². The predicted octanol–water partition coefficient (Wildman–Crippen LogP) is 3.51. The number of nitrogens with two attached hydrogens (primary N) is 1. The molecule has 2 heteroatoms. The molecule has 106 valence electrons. The molecule has 2 nitrogen and oxygen atoms in total. The Balaban J connectivity index is 2.25. The number of rotatable bonds is 3. The van der Waals surface area contributed by atoms with Gasteiger partial charge in [0, 0.05) is 18.6 Å². The fraction of sp³-hybridized carbons (Fsp3) is 0.647. The maximum atomic E-state index is 6.30. The molecule has 1 aliphatic rings. The first-order valence-electron chi connectivity index (χ1n) is 7.45. The molecule has 0 aromatic heterocycles. The van der Waals surface area contributed by atoms with Gasteiger partial charge in [-0.05, 0) is 44.2 Å². The number of hydrogen-bond donors (Lipinski definition) is 1. The topological polar surface area (TPSA) is 29.3 Å². The highest BCUT2D eigenvalue weighted by atomic mass is 15.2. The summed E-state index contributed by atoms with van der Waals surface area (Å²) in [5.74, 6) is 0. The Labute approximate surface area is 118 Å². The summed E-state index contributed by atoms with van der Waals surface area (Å²) in [6.45, 7) is 11.3. The molecule has 0 radical (unpaired) electrons. The molecule has 1 saturated heterocycles. The molecule has 0 saturated carbocycles. The van der Waals surface area contributed by atoms with Gasteiger partial charge in [-0.3, -0.25) is 4.90 Å². The van der Waals surface area contributed by atoms with E-state index in [9.17, 15) is 0 Å². The second kappa shape index (κ2) is 5.64. The molecular weight excluding hydrogens is 232 g/mol. The van der Waals surface area contributed by atoms with Gasteiger partial charge in [0.25, 0.3) is 0 Å². The third-order valence-corrected chi connectivity index (χ3v) is 4.21. The van der Waals surface area contributed by atoms with Crippen LogP contribution in [0.2, 0.25) is 0 Å². The molecule has 2 N–H and O–H groups in total. The molecule has 19 heavy (non-hydrogen) atoms. The highest BCUT2D eigenvalue weighted by Gasteiger charge is 2.32. The van der Waals surface area contributed by atoms with Gasteiger partial charge in [0.05, 0.1) is 0 Å². The third-order valence-electron chi connectivity index (χ3n) is 4.21. The Morgan fingerprint density at radius 3 is 2.63 bits per heavy atom. The van der Waals surface area contributed by atoms with Crippen molar-refractivity contribution in [2.75, 3.05) is 13.1 Å². The molecule has 1 aliphatic heterocycles. The Morgan fingerprint density at radius 2 is 2.05 bits per heavy atom. The lowest BCUT2D eigenvalue weighted by Crippen LogP contribution is -2.47. The fourth-order valence-electron chi connectivity index (χ4n) is 3.41. The fourth-order valence-corrected chi connectivity index (χ4v) is 3.41. The molecule has 0 spiro atoms. The molecule has 1 aromatic rings. The van der Waals surface area contributed by atoms with Crippen LogP contribution in [0.5, 0.6) is 0 Å². The Hall–Kier alpha value is -0.860. The molecule has 0 aliphatic carbocycles. The van der Waals surface area contributed by atoms with E-state index in [0.717, 1.165) is 6.54 Å². The van der Waals surface area contributed by atoms with Crippen LogP contribution in [0, 0.1) is 12.3 Å². The summed E-state index contributed by atoms with van der Waals surface area (Å²) in [6.07, 6.45) is 2.60. The van der Waals surface area contributed by atoms with Crippen LogP contribution < -0.4 is 5.73 Å². The van der Waals surface area contributed by atoms with Crippen LogP contribution >= 0.6 is 0 Å². The normalized spacial score (nSPS) is 23.0. The van der Waals surface area contributed by atoms with Crippen LogP contribution in [0.3, 0.4) is 0 Å². The molecule has 0 amide bonds. The van der Waals surface area contributed by atoms with Crippen molar-refractivity contribution >= 4 is 0 Å². The molecule has 2 atom stereocenters. The first-order chi connectivity index (χ1) is 8.89. The average Bonchev–Trinajstić information content (AvgIpc) is 2.27. The highest BCUT2D eigenvalue weighted by Crippen LogP contribution is 2.34. The smallest absolute Gasteiger partial charge is 0.0496 e. The monoisotopic (exact) mass is 260 g/mol. The van der Waals surface area contributed by atoms with Gasteiger partial charge in [-0.15, -0.1) is 0 Å². The van der Waals surface area contributed by atoms with Crippen molar-refractivity contribution in [3.8, 4) is 0 Å². The first kappa shape index (κ1) is 14.5. The predicted molar refractivity (Wildman–Crippen MR) is 82.2 cm³/mol. The van der Waals surface area contributed by atoms with E-state index in [1.165, 1.54) is 30.5 Å². The first-order valence-corrected chi connectivity index (χ1v) is 7.45. The Morgan fingerprint density at radius 1 is 1.32 bits per heavy atom. The third kappa shape index (κ3) is 3.58. The van der Waals surface area contributed by atoms with Crippen molar-refractivity contribution in [2.24, 2.45) is 11.1 Å². The summed E-state index contributed by atoms with van der Waals surface area (Å²) in [7, 11) is 0. The molecule has 0 bridgehead atoms. The summed E-state index contributed by atoms with van der Waals surface area (Å²) < 4.78 is 0. The average molecular weight is 260 g/mol. The van der Waals surface area contributed by atoms with E-state index < -0.39 is 0 Å². The minimum absolute atomic E-state index is 0.163. The molecule has 2 unspecified atom stereocenters. The quantitative estimate of drug-likeness (QED) is 0.901. The lowest BCUT2D eigenvalue weighted by Gasteiger charge is -2.43. The van der Waals surface area contributed by atoms with Crippen LogP contribution in [-0.4, -0.2) is 24.0 Å². The van der Waals surface area contributed by atoms with E-state index in [2.05, 4.69) is 56.9 Å². The van der Waals surface area contributed by atoms with Crippen LogP contribution in [0.4, 0.5) is 0 Å². The maximum absolute atomic E-state index is 6.30. The van der Waals surface area contributed by atoms with Crippen molar-refractivity contribution in [3.05, 3.63) is 35.4 Å². The molecule has 2 rings (SSSR count). The van der Waals surface area contributed by atoms with Crippen molar-refractivity contribution in [1.29, 1.82) is 0 Å². The highest BCUT2D eigenvalue weighted by molar-refractivity contribution is 5.26.